The third-order valence-corrected chi connectivity index (χ3v) is 6.35. The predicted molar refractivity (Wildman–Crippen MR) is 125 cm³/mol. The van der Waals surface area contributed by atoms with Crippen molar-refractivity contribution in [2.75, 3.05) is 5.75 Å². The van der Waals surface area contributed by atoms with Gasteiger partial charge < -0.3 is 9.88 Å². The first-order valence-corrected chi connectivity index (χ1v) is 11.5. The summed E-state index contributed by atoms with van der Waals surface area (Å²) in [5.41, 5.74) is 3.15. The Hall–Kier alpha value is -2.77. The van der Waals surface area contributed by atoms with Crippen molar-refractivity contribution in [3.63, 3.8) is 0 Å². The van der Waals surface area contributed by atoms with Crippen LogP contribution in [0.4, 0.5) is 0 Å². The van der Waals surface area contributed by atoms with Crippen LogP contribution in [-0.4, -0.2) is 26.0 Å². The molecule has 2 aromatic carbocycles. The third-order valence-electron chi connectivity index (χ3n) is 4.59. The number of benzene rings is 2. The number of para-hydroxylation sites is 1. The van der Waals surface area contributed by atoms with Gasteiger partial charge in [-0.15, -0.1) is 11.8 Å². The molecular weight excluding hydrogens is 460 g/mol. The fourth-order valence-corrected chi connectivity index (χ4v) is 4.37. The maximum atomic E-state index is 12.3. The lowest BCUT2D eigenvalue weighted by Crippen LogP contribution is -2.24. The standard InChI is InChI=1S/C23H21BrN4OS/c24-21-11-5-4-8-18(21)14-25-22(29)17-30-16-19-15-26-28(20-9-2-1-3-10-20)23(19)27-12-6-7-13-27/h1-13,15H,14,16-17H2,(H,25,29). The Labute approximate surface area is 188 Å². The van der Waals surface area contributed by atoms with Gasteiger partial charge in [0.2, 0.25) is 5.91 Å². The number of nitrogens with zero attached hydrogens (tertiary/aromatic N) is 3. The van der Waals surface area contributed by atoms with Crippen molar-refractivity contribution in [2.24, 2.45) is 0 Å². The van der Waals surface area contributed by atoms with Crippen molar-refractivity contribution < 1.29 is 4.79 Å². The highest BCUT2D eigenvalue weighted by Gasteiger charge is 2.14. The van der Waals surface area contributed by atoms with Crippen LogP contribution in [0.5, 0.6) is 0 Å². The largest absolute Gasteiger partial charge is 0.351 e. The quantitative estimate of drug-likeness (QED) is 0.387. The molecule has 4 aromatic rings. The number of halogens is 1. The molecule has 0 radical (unpaired) electrons. The molecule has 2 heterocycles. The van der Waals surface area contributed by atoms with Crippen LogP contribution in [-0.2, 0) is 17.1 Å². The van der Waals surface area contributed by atoms with E-state index >= 15 is 0 Å². The van der Waals surface area contributed by atoms with Crippen LogP contribution in [0.15, 0.2) is 89.8 Å². The fraction of sp³-hybridized carbons (Fsp3) is 0.130. The van der Waals surface area contributed by atoms with Crippen LogP contribution in [0.3, 0.4) is 0 Å². The Balaban J connectivity index is 1.41. The minimum Gasteiger partial charge on any atom is -0.351 e. The van der Waals surface area contributed by atoms with Crippen LogP contribution < -0.4 is 5.32 Å². The van der Waals surface area contributed by atoms with Crippen LogP contribution in [0.25, 0.3) is 11.5 Å². The molecule has 7 heteroatoms. The average Bonchev–Trinajstić information content (AvgIpc) is 3.43. The Bertz CT molecular complexity index is 1110. The number of hydrogen-bond donors (Lipinski definition) is 1. The van der Waals surface area contributed by atoms with Crippen LogP contribution in [0, 0.1) is 0 Å². The Morgan fingerprint density at radius 1 is 0.967 bits per heavy atom. The molecule has 0 spiro atoms. The second kappa shape index (κ2) is 9.82. The van der Waals surface area contributed by atoms with Crippen molar-refractivity contribution in [3.05, 3.63) is 101 Å². The van der Waals surface area contributed by atoms with Gasteiger partial charge in [-0.1, -0.05) is 52.3 Å². The Kier molecular flexibility index (Phi) is 6.71. The first-order valence-electron chi connectivity index (χ1n) is 9.56. The summed E-state index contributed by atoms with van der Waals surface area (Å²) in [7, 11) is 0. The van der Waals surface area contributed by atoms with E-state index in [1.54, 1.807) is 11.8 Å². The van der Waals surface area contributed by atoms with Gasteiger partial charge in [0.05, 0.1) is 17.6 Å². The predicted octanol–water partition coefficient (Wildman–Crippen LogP) is 4.98. The summed E-state index contributed by atoms with van der Waals surface area (Å²) in [6.07, 6.45) is 5.90. The first kappa shape index (κ1) is 20.5. The van der Waals surface area contributed by atoms with E-state index in [4.69, 9.17) is 0 Å². The molecule has 0 fully saturated rings. The second-order valence-electron chi connectivity index (χ2n) is 6.69. The van der Waals surface area contributed by atoms with Crippen molar-refractivity contribution >= 4 is 33.6 Å². The monoisotopic (exact) mass is 480 g/mol. The molecule has 0 saturated heterocycles. The molecule has 2 aromatic heterocycles. The smallest absolute Gasteiger partial charge is 0.230 e. The number of hydrogen-bond acceptors (Lipinski definition) is 3. The van der Waals surface area contributed by atoms with Crippen molar-refractivity contribution in [3.8, 4) is 11.5 Å². The lowest BCUT2D eigenvalue weighted by molar-refractivity contribution is -0.118. The highest BCUT2D eigenvalue weighted by molar-refractivity contribution is 9.10. The average molecular weight is 481 g/mol. The lowest BCUT2D eigenvalue weighted by atomic mass is 10.2. The summed E-state index contributed by atoms with van der Waals surface area (Å²) in [6, 6.07) is 22.0. The lowest BCUT2D eigenvalue weighted by Gasteiger charge is -2.11. The summed E-state index contributed by atoms with van der Waals surface area (Å²) >= 11 is 5.09. The maximum absolute atomic E-state index is 12.3. The van der Waals surface area contributed by atoms with Gasteiger partial charge in [0.1, 0.15) is 5.82 Å². The van der Waals surface area contributed by atoms with Gasteiger partial charge in [0, 0.05) is 34.7 Å². The summed E-state index contributed by atoms with van der Waals surface area (Å²) in [5.74, 6) is 2.11. The van der Waals surface area contributed by atoms with Gasteiger partial charge in [-0.2, -0.15) is 5.10 Å². The number of thioether (sulfide) groups is 1. The van der Waals surface area contributed by atoms with Gasteiger partial charge in [0.15, 0.2) is 0 Å². The molecule has 0 saturated carbocycles. The molecule has 5 nitrogen and oxygen atoms in total. The number of aromatic nitrogens is 3. The SMILES string of the molecule is O=C(CSCc1cnn(-c2ccccc2)c1-n1cccc1)NCc1ccccc1Br. The molecule has 0 unspecified atom stereocenters. The number of carbonyl (C=O) groups excluding carboxylic acids is 1. The second-order valence-corrected chi connectivity index (χ2v) is 8.53. The zero-order valence-electron chi connectivity index (χ0n) is 16.2. The van der Waals surface area contributed by atoms with Crippen LogP contribution in [0.2, 0.25) is 0 Å². The molecule has 1 N–H and O–H groups in total. The van der Waals surface area contributed by atoms with E-state index in [2.05, 4.69) is 30.9 Å². The molecule has 0 bridgehead atoms. The van der Waals surface area contributed by atoms with Gasteiger partial charge >= 0.3 is 0 Å². The van der Waals surface area contributed by atoms with Crippen molar-refractivity contribution in [1.82, 2.24) is 19.7 Å². The van der Waals surface area contributed by atoms with E-state index in [0.29, 0.717) is 18.1 Å². The summed E-state index contributed by atoms with van der Waals surface area (Å²) < 4.78 is 4.99. The Morgan fingerprint density at radius 2 is 1.70 bits per heavy atom. The van der Waals surface area contributed by atoms with Gasteiger partial charge in [0.25, 0.3) is 0 Å². The number of amides is 1. The summed E-state index contributed by atoms with van der Waals surface area (Å²) in [6.45, 7) is 0.515. The summed E-state index contributed by atoms with van der Waals surface area (Å²) in [4.78, 5) is 12.3. The minimum atomic E-state index is 0.0220. The van der Waals surface area contributed by atoms with Gasteiger partial charge in [-0.3, -0.25) is 4.79 Å². The van der Waals surface area contributed by atoms with E-state index < -0.39 is 0 Å². The van der Waals surface area contributed by atoms with E-state index in [1.807, 2.05) is 90.0 Å². The maximum Gasteiger partial charge on any atom is 0.230 e. The van der Waals surface area contributed by atoms with Crippen molar-refractivity contribution in [1.29, 1.82) is 0 Å². The van der Waals surface area contributed by atoms with E-state index in [-0.39, 0.29) is 5.91 Å². The number of nitrogens with one attached hydrogen (secondary N) is 1. The van der Waals surface area contributed by atoms with E-state index in [1.165, 1.54) is 0 Å². The van der Waals surface area contributed by atoms with Crippen LogP contribution >= 0.6 is 27.7 Å². The molecule has 0 aliphatic rings. The molecule has 4 rings (SSSR count). The minimum absolute atomic E-state index is 0.0220. The van der Waals surface area contributed by atoms with Gasteiger partial charge in [-0.25, -0.2) is 4.68 Å². The highest BCUT2D eigenvalue weighted by Crippen LogP contribution is 2.23. The normalized spacial score (nSPS) is 10.8. The zero-order chi connectivity index (χ0) is 20.8. The zero-order valence-corrected chi connectivity index (χ0v) is 18.6. The number of rotatable bonds is 8. The molecule has 30 heavy (non-hydrogen) atoms. The Morgan fingerprint density at radius 3 is 2.47 bits per heavy atom. The van der Waals surface area contributed by atoms with E-state index in [0.717, 1.165) is 27.1 Å². The summed E-state index contributed by atoms with van der Waals surface area (Å²) in [5, 5.41) is 7.59. The molecule has 152 valence electrons. The van der Waals surface area contributed by atoms with E-state index in [9.17, 15) is 4.79 Å². The van der Waals surface area contributed by atoms with Crippen LogP contribution in [0.1, 0.15) is 11.1 Å². The molecule has 1 amide bonds. The highest BCUT2D eigenvalue weighted by atomic mass is 79.9. The number of carbonyl (C=O) groups is 1. The molecule has 0 aliphatic heterocycles. The molecule has 0 aliphatic carbocycles. The van der Waals surface area contributed by atoms with Gasteiger partial charge in [-0.05, 0) is 35.9 Å². The molecule has 0 atom stereocenters. The first-order chi connectivity index (χ1) is 14.7. The molecular formula is C23H21BrN4OS. The fourth-order valence-electron chi connectivity index (χ4n) is 3.13. The topological polar surface area (TPSA) is 51.9 Å². The van der Waals surface area contributed by atoms with Crippen molar-refractivity contribution in [2.45, 2.75) is 12.3 Å². The third kappa shape index (κ3) is 4.86.